The Kier molecular flexibility index (Phi) is 5.16. The van der Waals surface area contributed by atoms with Crippen molar-refractivity contribution in [1.29, 1.82) is 0 Å². The molecular weight excluding hydrogens is 372 g/mol. The van der Waals surface area contributed by atoms with E-state index >= 15 is 0 Å². The van der Waals surface area contributed by atoms with Crippen LogP contribution in [0.4, 0.5) is 5.69 Å². The SMILES string of the molecule is CCn1c(SC(C)C(=O)Nc2ccc3ccccc3c2)nnc1-c1ccco1. The van der Waals surface area contributed by atoms with Gasteiger partial charge < -0.3 is 9.73 Å². The topological polar surface area (TPSA) is 73.0 Å². The lowest BCUT2D eigenvalue weighted by atomic mass is 10.1. The first-order valence-corrected chi connectivity index (χ1v) is 9.97. The number of amides is 1. The third-order valence-corrected chi connectivity index (χ3v) is 5.52. The minimum Gasteiger partial charge on any atom is -0.461 e. The average molecular weight is 392 g/mol. The number of benzene rings is 2. The minimum absolute atomic E-state index is 0.0783. The van der Waals surface area contributed by atoms with E-state index in [0.717, 1.165) is 16.5 Å². The van der Waals surface area contributed by atoms with Crippen molar-refractivity contribution in [2.24, 2.45) is 0 Å². The number of thioether (sulfide) groups is 1. The maximum atomic E-state index is 12.7. The van der Waals surface area contributed by atoms with Crippen LogP contribution in [0, 0.1) is 0 Å². The second-order valence-electron chi connectivity index (χ2n) is 6.34. The summed E-state index contributed by atoms with van der Waals surface area (Å²) in [5.41, 5.74) is 0.782. The fourth-order valence-electron chi connectivity index (χ4n) is 2.97. The van der Waals surface area contributed by atoms with Crippen LogP contribution in [0.5, 0.6) is 0 Å². The number of rotatable bonds is 6. The summed E-state index contributed by atoms with van der Waals surface area (Å²) in [4.78, 5) is 12.7. The molecule has 2 heterocycles. The number of carbonyl (C=O) groups is 1. The van der Waals surface area contributed by atoms with Gasteiger partial charge in [-0.1, -0.05) is 42.1 Å². The third-order valence-electron chi connectivity index (χ3n) is 4.44. The molecule has 0 aliphatic carbocycles. The van der Waals surface area contributed by atoms with Gasteiger partial charge in [-0.2, -0.15) is 0 Å². The van der Waals surface area contributed by atoms with Crippen LogP contribution in [0.15, 0.2) is 70.4 Å². The summed E-state index contributed by atoms with van der Waals surface area (Å²) < 4.78 is 7.38. The van der Waals surface area contributed by atoms with Gasteiger partial charge in [0, 0.05) is 12.2 Å². The van der Waals surface area contributed by atoms with Gasteiger partial charge in [0.05, 0.1) is 11.5 Å². The first-order chi connectivity index (χ1) is 13.7. The van der Waals surface area contributed by atoms with Gasteiger partial charge in [0.25, 0.3) is 0 Å². The first kappa shape index (κ1) is 18.3. The first-order valence-electron chi connectivity index (χ1n) is 9.09. The van der Waals surface area contributed by atoms with Crippen LogP contribution in [0.25, 0.3) is 22.4 Å². The predicted molar refractivity (Wildman–Crippen MR) is 111 cm³/mol. The summed E-state index contributed by atoms with van der Waals surface area (Å²) in [7, 11) is 0. The summed E-state index contributed by atoms with van der Waals surface area (Å²) >= 11 is 1.38. The summed E-state index contributed by atoms with van der Waals surface area (Å²) in [6.45, 7) is 4.56. The molecule has 0 aliphatic heterocycles. The van der Waals surface area contributed by atoms with Gasteiger partial charge in [-0.3, -0.25) is 9.36 Å². The Morgan fingerprint density at radius 3 is 2.71 bits per heavy atom. The highest BCUT2D eigenvalue weighted by Gasteiger charge is 2.21. The normalized spacial score (nSPS) is 12.2. The molecule has 0 saturated heterocycles. The zero-order valence-electron chi connectivity index (χ0n) is 15.6. The number of nitrogens with zero attached hydrogens (tertiary/aromatic N) is 3. The van der Waals surface area contributed by atoms with Gasteiger partial charge in [-0.25, -0.2) is 0 Å². The van der Waals surface area contributed by atoms with Crippen molar-refractivity contribution in [2.45, 2.75) is 30.8 Å². The van der Waals surface area contributed by atoms with Crippen molar-refractivity contribution in [3.8, 4) is 11.6 Å². The number of fused-ring (bicyclic) bond motifs is 1. The molecule has 0 radical (unpaired) electrons. The second kappa shape index (κ2) is 7.90. The Hall–Kier alpha value is -3.06. The lowest BCUT2D eigenvalue weighted by Gasteiger charge is -2.13. The van der Waals surface area contributed by atoms with Gasteiger partial charge in [0.1, 0.15) is 0 Å². The molecule has 142 valence electrons. The number of hydrogen-bond donors (Lipinski definition) is 1. The van der Waals surface area contributed by atoms with E-state index in [9.17, 15) is 4.79 Å². The van der Waals surface area contributed by atoms with E-state index in [-0.39, 0.29) is 11.2 Å². The zero-order valence-corrected chi connectivity index (χ0v) is 16.4. The lowest BCUT2D eigenvalue weighted by molar-refractivity contribution is -0.115. The fraction of sp³-hybridized carbons (Fsp3) is 0.190. The number of aromatic nitrogens is 3. The molecule has 0 spiro atoms. The predicted octanol–water partition coefficient (Wildman–Crippen LogP) is 4.83. The van der Waals surface area contributed by atoms with Crippen LogP contribution in [-0.4, -0.2) is 25.9 Å². The summed E-state index contributed by atoms with van der Waals surface area (Å²) in [6.07, 6.45) is 1.61. The molecule has 0 bridgehead atoms. The van der Waals surface area contributed by atoms with E-state index in [1.807, 2.05) is 73.0 Å². The van der Waals surface area contributed by atoms with Gasteiger partial charge in [0.15, 0.2) is 16.7 Å². The molecular formula is C21H20N4O2S. The van der Waals surface area contributed by atoms with Gasteiger partial charge >= 0.3 is 0 Å². The maximum Gasteiger partial charge on any atom is 0.237 e. The van der Waals surface area contributed by atoms with Crippen LogP contribution in [-0.2, 0) is 11.3 Å². The smallest absolute Gasteiger partial charge is 0.237 e. The number of anilines is 1. The van der Waals surface area contributed by atoms with Crippen molar-refractivity contribution >= 4 is 34.1 Å². The maximum absolute atomic E-state index is 12.7. The van der Waals surface area contributed by atoms with Crippen LogP contribution < -0.4 is 5.32 Å². The van der Waals surface area contributed by atoms with Gasteiger partial charge in [0.2, 0.25) is 5.91 Å². The highest BCUT2D eigenvalue weighted by Crippen LogP contribution is 2.28. The number of furan rings is 1. The Labute approximate surface area is 167 Å². The van der Waals surface area contributed by atoms with Crippen molar-refractivity contribution < 1.29 is 9.21 Å². The highest BCUT2D eigenvalue weighted by atomic mass is 32.2. The second-order valence-corrected chi connectivity index (χ2v) is 7.65. The van der Waals surface area contributed by atoms with Crippen molar-refractivity contribution in [1.82, 2.24) is 14.8 Å². The molecule has 6 nitrogen and oxygen atoms in total. The monoisotopic (exact) mass is 392 g/mol. The van der Waals surface area contributed by atoms with Gasteiger partial charge in [-0.15, -0.1) is 10.2 Å². The molecule has 1 amide bonds. The van der Waals surface area contributed by atoms with E-state index in [1.54, 1.807) is 6.26 Å². The summed E-state index contributed by atoms with van der Waals surface area (Å²) in [6, 6.07) is 17.6. The molecule has 1 atom stereocenters. The Morgan fingerprint density at radius 2 is 1.96 bits per heavy atom. The molecule has 1 N–H and O–H groups in total. The van der Waals surface area contributed by atoms with E-state index in [4.69, 9.17) is 4.42 Å². The molecule has 0 aliphatic rings. The van der Waals surface area contributed by atoms with Gasteiger partial charge in [-0.05, 0) is 48.9 Å². The van der Waals surface area contributed by atoms with Crippen molar-refractivity contribution in [2.75, 3.05) is 5.32 Å². The molecule has 4 rings (SSSR count). The molecule has 0 fully saturated rings. The molecule has 2 aromatic carbocycles. The average Bonchev–Trinajstić information content (AvgIpc) is 3.37. The quantitative estimate of drug-likeness (QED) is 0.476. The summed E-state index contributed by atoms with van der Waals surface area (Å²) in [5.74, 6) is 1.25. The zero-order chi connectivity index (χ0) is 19.5. The Bertz CT molecular complexity index is 1100. The minimum atomic E-state index is -0.328. The van der Waals surface area contributed by atoms with E-state index in [2.05, 4.69) is 15.5 Å². The standard InChI is InChI=1S/C21H20N4O2S/c1-3-25-19(18-9-6-12-27-18)23-24-21(25)28-14(2)20(26)22-17-11-10-15-7-4-5-8-16(15)13-17/h4-14H,3H2,1-2H3,(H,22,26). The van der Waals surface area contributed by atoms with E-state index in [1.165, 1.54) is 11.8 Å². The lowest BCUT2D eigenvalue weighted by Crippen LogP contribution is -2.22. The van der Waals surface area contributed by atoms with Crippen LogP contribution >= 0.6 is 11.8 Å². The number of nitrogens with one attached hydrogen (secondary N) is 1. The third kappa shape index (κ3) is 3.66. The van der Waals surface area contributed by atoms with Crippen molar-refractivity contribution in [3.05, 3.63) is 60.9 Å². The summed E-state index contributed by atoms with van der Waals surface area (Å²) in [5, 5.41) is 14.1. The van der Waals surface area contributed by atoms with E-state index < -0.39 is 0 Å². The number of hydrogen-bond acceptors (Lipinski definition) is 5. The molecule has 1 unspecified atom stereocenters. The Morgan fingerprint density at radius 1 is 1.14 bits per heavy atom. The molecule has 28 heavy (non-hydrogen) atoms. The van der Waals surface area contributed by atoms with Crippen LogP contribution in [0.3, 0.4) is 0 Å². The number of carbonyl (C=O) groups excluding carboxylic acids is 1. The fourth-order valence-corrected chi connectivity index (χ4v) is 3.88. The molecule has 2 aromatic heterocycles. The van der Waals surface area contributed by atoms with E-state index in [0.29, 0.717) is 23.3 Å². The van der Waals surface area contributed by atoms with Crippen LogP contribution in [0.1, 0.15) is 13.8 Å². The molecule has 7 heteroatoms. The highest BCUT2D eigenvalue weighted by molar-refractivity contribution is 8.00. The largest absolute Gasteiger partial charge is 0.461 e. The molecule has 0 saturated carbocycles. The van der Waals surface area contributed by atoms with Crippen molar-refractivity contribution in [3.63, 3.8) is 0 Å². The molecule has 4 aromatic rings. The van der Waals surface area contributed by atoms with Crippen LogP contribution in [0.2, 0.25) is 0 Å². The Balaban J connectivity index is 1.48.